The Morgan fingerprint density at radius 1 is 1.43 bits per heavy atom. The monoisotopic (exact) mass is 308 g/mol. The number of sulfonamides is 1. The van der Waals surface area contributed by atoms with Gasteiger partial charge in [0.05, 0.1) is 17.5 Å². The molecule has 1 fully saturated rings. The minimum Gasteiger partial charge on any atom is -0.393 e. The quantitative estimate of drug-likeness (QED) is 0.791. The van der Waals surface area contributed by atoms with Crippen molar-refractivity contribution in [1.82, 2.24) is 4.31 Å². The third kappa shape index (κ3) is 3.63. The van der Waals surface area contributed by atoms with Crippen LogP contribution in [0.4, 0.5) is 0 Å². The van der Waals surface area contributed by atoms with Gasteiger partial charge in [-0.3, -0.25) is 0 Å². The van der Waals surface area contributed by atoms with Gasteiger partial charge in [0.15, 0.2) is 0 Å². The fourth-order valence-corrected chi connectivity index (χ4v) is 3.89. The van der Waals surface area contributed by atoms with E-state index in [1.165, 1.54) is 4.31 Å². The van der Waals surface area contributed by atoms with E-state index in [4.69, 9.17) is 5.73 Å². The molecule has 1 heterocycles. The second-order valence-corrected chi connectivity index (χ2v) is 7.12. The van der Waals surface area contributed by atoms with Crippen LogP contribution >= 0.6 is 0 Å². The standard InChI is InChI=1S/C15H20N2O3S/c1-12(18)14-8-10-17(11-14)21(19,20)15-6-4-13(5-7-15)3-2-9-16/h4-7,12,14,18H,8-11,16H2,1H3. The van der Waals surface area contributed by atoms with E-state index in [2.05, 4.69) is 11.8 Å². The highest BCUT2D eigenvalue weighted by atomic mass is 32.2. The molecule has 6 heteroatoms. The molecular formula is C15H20N2O3S. The van der Waals surface area contributed by atoms with Gasteiger partial charge in [-0.25, -0.2) is 8.42 Å². The predicted molar refractivity (Wildman–Crippen MR) is 80.9 cm³/mol. The molecule has 0 saturated carbocycles. The normalized spacial score (nSPS) is 20.8. The molecule has 1 aliphatic heterocycles. The van der Waals surface area contributed by atoms with E-state index < -0.39 is 16.1 Å². The lowest BCUT2D eigenvalue weighted by Gasteiger charge is -2.17. The number of hydrogen-bond donors (Lipinski definition) is 2. The zero-order chi connectivity index (χ0) is 15.5. The number of rotatable bonds is 3. The first-order chi connectivity index (χ1) is 9.95. The SMILES string of the molecule is CC(O)C1CCN(S(=O)(=O)c2ccc(C#CCN)cc2)C1. The Morgan fingerprint density at radius 3 is 2.62 bits per heavy atom. The number of nitrogens with two attached hydrogens (primary N) is 1. The third-order valence-corrected chi connectivity index (χ3v) is 5.58. The van der Waals surface area contributed by atoms with Gasteiger partial charge in [-0.1, -0.05) is 11.8 Å². The third-order valence-electron chi connectivity index (χ3n) is 3.70. The van der Waals surface area contributed by atoms with Crippen LogP contribution in [-0.4, -0.2) is 43.6 Å². The maximum atomic E-state index is 12.5. The van der Waals surface area contributed by atoms with E-state index in [0.717, 1.165) is 5.56 Å². The van der Waals surface area contributed by atoms with Gasteiger partial charge in [0.25, 0.3) is 0 Å². The zero-order valence-corrected chi connectivity index (χ0v) is 12.8. The Labute approximate surface area is 125 Å². The van der Waals surface area contributed by atoms with Crippen molar-refractivity contribution in [3.05, 3.63) is 29.8 Å². The summed E-state index contributed by atoms with van der Waals surface area (Å²) in [6, 6.07) is 6.48. The lowest BCUT2D eigenvalue weighted by atomic mass is 10.0. The van der Waals surface area contributed by atoms with E-state index in [0.29, 0.717) is 19.5 Å². The van der Waals surface area contributed by atoms with Crippen LogP contribution in [0.2, 0.25) is 0 Å². The predicted octanol–water partition coefficient (Wildman–Crippen LogP) is 0.388. The molecule has 0 bridgehead atoms. The number of nitrogens with zero attached hydrogens (tertiary/aromatic N) is 1. The molecule has 21 heavy (non-hydrogen) atoms. The second-order valence-electron chi connectivity index (χ2n) is 5.18. The minimum atomic E-state index is -3.49. The molecule has 1 aromatic rings. The van der Waals surface area contributed by atoms with Gasteiger partial charge in [0.2, 0.25) is 10.0 Å². The summed E-state index contributed by atoms with van der Waals surface area (Å²) in [6.07, 6.45) is 0.204. The molecule has 0 aliphatic carbocycles. The van der Waals surface area contributed by atoms with Gasteiger partial charge < -0.3 is 10.8 Å². The molecule has 2 rings (SSSR count). The van der Waals surface area contributed by atoms with Gasteiger partial charge >= 0.3 is 0 Å². The van der Waals surface area contributed by atoms with Crippen molar-refractivity contribution >= 4 is 10.0 Å². The number of aliphatic hydroxyl groups excluding tert-OH is 1. The molecule has 114 valence electrons. The van der Waals surface area contributed by atoms with Crippen LogP contribution in [0.3, 0.4) is 0 Å². The van der Waals surface area contributed by atoms with E-state index in [1.54, 1.807) is 31.2 Å². The summed E-state index contributed by atoms with van der Waals surface area (Å²) in [4.78, 5) is 0.257. The topological polar surface area (TPSA) is 83.6 Å². The molecule has 3 N–H and O–H groups in total. The highest BCUT2D eigenvalue weighted by molar-refractivity contribution is 7.89. The summed E-state index contributed by atoms with van der Waals surface area (Å²) in [7, 11) is -3.49. The maximum absolute atomic E-state index is 12.5. The Balaban J connectivity index is 2.17. The van der Waals surface area contributed by atoms with E-state index >= 15 is 0 Å². The Bertz CT molecular complexity index is 642. The van der Waals surface area contributed by atoms with Gasteiger partial charge in [0.1, 0.15) is 0 Å². The van der Waals surface area contributed by atoms with Crippen molar-refractivity contribution in [3.63, 3.8) is 0 Å². The van der Waals surface area contributed by atoms with Crippen LogP contribution in [0.25, 0.3) is 0 Å². The van der Waals surface area contributed by atoms with E-state index in [-0.39, 0.29) is 17.4 Å². The highest BCUT2D eigenvalue weighted by Crippen LogP contribution is 2.26. The fourth-order valence-electron chi connectivity index (χ4n) is 2.38. The van der Waals surface area contributed by atoms with Crippen molar-refractivity contribution in [2.24, 2.45) is 11.7 Å². The van der Waals surface area contributed by atoms with Crippen molar-refractivity contribution < 1.29 is 13.5 Å². The number of benzene rings is 1. The lowest BCUT2D eigenvalue weighted by Crippen LogP contribution is -2.30. The van der Waals surface area contributed by atoms with Crippen LogP contribution in [0.15, 0.2) is 29.2 Å². The highest BCUT2D eigenvalue weighted by Gasteiger charge is 2.34. The Hall–Kier alpha value is -1.39. The summed E-state index contributed by atoms with van der Waals surface area (Å²) < 4.78 is 26.5. The van der Waals surface area contributed by atoms with Crippen LogP contribution in [0.1, 0.15) is 18.9 Å². The number of aliphatic hydroxyl groups is 1. The minimum absolute atomic E-state index is 0.00877. The first kappa shape index (κ1) is 16.0. The van der Waals surface area contributed by atoms with E-state index in [1.807, 2.05) is 0 Å². The molecule has 1 aliphatic rings. The smallest absolute Gasteiger partial charge is 0.243 e. The average molecular weight is 308 g/mol. The molecule has 0 amide bonds. The van der Waals surface area contributed by atoms with Gasteiger partial charge in [-0.2, -0.15) is 4.31 Å². The molecule has 0 aromatic heterocycles. The molecule has 0 spiro atoms. The van der Waals surface area contributed by atoms with Crippen LogP contribution in [0, 0.1) is 17.8 Å². The number of hydrogen-bond acceptors (Lipinski definition) is 4. The van der Waals surface area contributed by atoms with Crippen LogP contribution < -0.4 is 5.73 Å². The Morgan fingerprint density at radius 2 is 2.10 bits per heavy atom. The summed E-state index contributed by atoms with van der Waals surface area (Å²) in [5.41, 5.74) is 6.04. The largest absolute Gasteiger partial charge is 0.393 e. The molecule has 0 radical (unpaired) electrons. The zero-order valence-electron chi connectivity index (χ0n) is 12.0. The molecule has 2 atom stereocenters. The van der Waals surface area contributed by atoms with Gasteiger partial charge in [0, 0.05) is 18.7 Å². The summed E-state index contributed by atoms with van der Waals surface area (Å²) in [5.74, 6) is 5.59. The average Bonchev–Trinajstić information content (AvgIpc) is 2.96. The first-order valence-electron chi connectivity index (χ1n) is 6.92. The second kappa shape index (κ2) is 6.58. The lowest BCUT2D eigenvalue weighted by molar-refractivity contribution is 0.133. The van der Waals surface area contributed by atoms with Crippen LogP contribution in [0.5, 0.6) is 0 Å². The maximum Gasteiger partial charge on any atom is 0.243 e. The van der Waals surface area contributed by atoms with Crippen molar-refractivity contribution in [1.29, 1.82) is 0 Å². The first-order valence-corrected chi connectivity index (χ1v) is 8.36. The van der Waals surface area contributed by atoms with Gasteiger partial charge in [-0.15, -0.1) is 0 Å². The molecular weight excluding hydrogens is 288 g/mol. The van der Waals surface area contributed by atoms with Crippen molar-refractivity contribution in [2.75, 3.05) is 19.6 Å². The van der Waals surface area contributed by atoms with Crippen LogP contribution in [-0.2, 0) is 10.0 Å². The molecule has 1 aromatic carbocycles. The molecule has 1 saturated heterocycles. The summed E-state index contributed by atoms with van der Waals surface area (Å²) >= 11 is 0. The molecule has 5 nitrogen and oxygen atoms in total. The summed E-state index contributed by atoms with van der Waals surface area (Å²) in [6.45, 7) is 2.79. The van der Waals surface area contributed by atoms with Gasteiger partial charge in [-0.05, 0) is 43.5 Å². The van der Waals surface area contributed by atoms with Crippen molar-refractivity contribution in [2.45, 2.75) is 24.3 Å². The molecule has 2 unspecified atom stereocenters. The van der Waals surface area contributed by atoms with Crippen molar-refractivity contribution in [3.8, 4) is 11.8 Å². The summed E-state index contributed by atoms with van der Waals surface area (Å²) in [5, 5.41) is 9.58. The Kier molecular flexibility index (Phi) is 5.01. The van der Waals surface area contributed by atoms with E-state index in [9.17, 15) is 13.5 Å². The fraction of sp³-hybridized carbons (Fsp3) is 0.467.